The van der Waals surface area contributed by atoms with E-state index in [-0.39, 0.29) is 25.0 Å². The number of fused-ring (bicyclic) bond motifs is 1. The molecule has 0 unspecified atom stereocenters. The van der Waals surface area contributed by atoms with Gasteiger partial charge < -0.3 is 30.5 Å². The molecule has 5 heterocycles. The second-order valence-electron chi connectivity index (χ2n) is 8.24. The minimum Gasteiger partial charge on any atom is -0.388 e. The van der Waals surface area contributed by atoms with Crippen LogP contribution in [0, 0.1) is 0 Å². The lowest BCUT2D eigenvalue weighted by atomic mass is 9.98. The zero-order valence-electron chi connectivity index (χ0n) is 18.3. The lowest BCUT2D eigenvalue weighted by molar-refractivity contribution is 0.0793. The summed E-state index contributed by atoms with van der Waals surface area (Å²) in [4.78, 5) is 22.3. The minimum atomic E-state index is -0.734. The van der Waals surface area contributed by atoms with Gasteiger partial charge in [0.25, 0.3) is 5.91 Å². The van der Waals surface area contributed by atoms with Crippen molar-refractivity contribution in [2.24, 2.45) is 0 Å². The summed E-state index contributed by atoms with van der Waals surface area (Å²) in [6.07, 6.45) is 2.82. The van der Waals surface area contributed by atoms with Crippen molar-refractivity contribution in [3.05, 3.63) is 41.7 Å². The fourth-order valence-electron chi connectivity index (χ4n) is 4.15. The minimum absolute atomic E-state index is 0.203. The van der Waals surface area contributed by atoms with Crippen LogP contribution in [0.15, 0.2) is 30.5 Å². The maximum Gasteiger partial charge on any atom is 0.257 e. The van der Waals surface area contributed by atoms with Gasteiger partial charge in [-0.25, -0.2) is 9.97 Å². The van der Waals surface area contributed by atoms with Crippen molar-refractivity contribution in [3.63, 3.8) is 0 Å². The van der Waals surface area contributed by atoms with Crippen LogP contribution < -0.4 is 16.0 Å². The molecule has 3 aromatic heterocycles. The molecule has 2 fully saturated rings. The number of aliphatic hydroxyl groups is 1. The van der Waals surface area contributed by atoms with E-state index in [9.17, 15) is 9.90 Å². The monoisotopic (exact) mass is 453 g/mol. The van der Waals surface area contributed by atoms with Crippen molar-refractivity contribution in [1.29, 1.82) is 0 Å². The third-order valence-corrected chi connectivity index (χ3v) is 5.94. The van der Waals surface area contributed by atoms with Crippen LogP contribution in [-0.4, -0.2) is 76.2 Å². The van der Waals surface area contributed by atoms with Gasteiger partial charge in [-0.05, 0) is 25.0 Å². The van der Waals surface area contributed by atoms with Crippen molar-refractivity contribution in [2.75, 3.05) is 44.1 Å². The van der Waals surface area contributed by atoms with Gasteiger partial charge in [0, 0.05) is 31.3 Å². The number of hydrogen-bond acceptors (Lipinski definition) is 9. The molecule has 2 aliphatic heterocycles. The quantitative estimate of drug-likeness (QED) is 0.435. The van der Waals surface area contributed by atoms with E-state index in [1.165, 1.54) is 6.20 Å². The average Bonchev–Trinajstić information content (AvgIpc) is 3.45. The van der Waals surface area contributed by atoms with Crippen LogP contribution >= 0.6 is 0 Å². The van der Waals surface area contributed by atoms with E-state index < -0.39 is 12.1 Å². The molecule has 0 aliphatic carbocycles. The molecule has 4 N–H and O–H groups in total. The molecule has 11 heteroatoms. The smallest absolute Gasteiger partial charge is 0.257 e. The molecule has 0 bridgehead atoms. The highest BCUT2D eigenvalue weighted by atomic mass is 16.5. The molecular formula is C22H27N7O4. The SMILES string of the molecule is CNc1cc(Nc2cccc([C@H]3CCCOC3)n2)nc2c(C(=O)N[C@@H]3COC[C@@H]3O)cnn12. The van der Waals surface area contributed by atoms with Gasteiger partial charge in [0.05, 0.1) is 38.2 Å². The third kappa shape index (κ3) is 4.47. The van der Waals surface area contributed by atoms with E-state index in [1.807, 2.05) is 18.2 Å². The van der Waals surface area contributed by atoms with Crippen molar-refractivity contribution < 1.29 is 19.4 Å². The zero-order valence-corrected chi connectivity index (χ0v) is 18.3. The summed E-state index contributed by atoms with van der Waals surface area (Å²) in [6, 6.07) is 7.19. The molecule has 0 saturated carbocycles. The molecular weight excluding hydrogens is 426 g/mol. The third-order valence-electron chi connectivity index (χ3n) is 5.94. The normalized spacial score (nSPS) is 22.9. The first-order chi connectivity index (χ1) is 16.1. The first-order valence-electron chi connectivity index (χ1n) is 11.1. The van der Waals surface area contributed by atoms with E-state index in [1.54, 1.807) is 17.6 Å². The maximum atomic E-state index is 12.9. The largest absolute Gasteiger partial charge is 0.388 e. The second kappa shape index (κ2) is 9.30. The number of aliphatic hydroxyl groups excluding tert-OH is 1. The highest BCUT2D eigenvalue weighted by Gasteiger charge is 2.29. The summed E-state index contributed by atoms with van der Waals surface area (Å²) in [5.41, 5.74) is 1.67. The van der Waals surface area contributed by atoms with Crippen molar-refractivity contribution in [1.82, 2.24) is 24.9 Å². The number of rotatable bonds is 6. The van der Waals surface area contributed by atoms with Gasteiger partial charge >= 0.3 is 0 Å². The van der Waals surface area contributed by atoms with Crippen LogP contribution in [-0.2, 0) is 9.47 Å². The van der Waals surface area contributed by atoms with Crippen molar-refractivity contribution in [2.45, 2.75) is 30.9 Å². The number of nitrogens with one attached hydrogen (secondary N) is 3. The van der Waals surface area contributed by atoms with E-state index in [2.05, 4.69) is 26.0 Å². The number of anilines is 3. The molecule has 33 heavy (non-hydrogen) atoms. The Morgan fingerprint density at radius 2 is 2.09 bits per heavy atom. The zero-order chi connectivity index (χ0) is 22.8. The highest BCUT2D eigenvalue weighted by molar-refractivity contribution is 6.00. The average molecular weight is 454 g/mol. The highest BCUT2D eigenvalue weighted by Crippen LogP contribution is 2.26. The van der Waals surface area contributed by atoms with Gasteiger partial charge in [0.2, 0.25) is 0 Å². The van der Waals surface area contributed by atoms with Crippen molar-refractivity contribution in [3.8, 4) is 0 Å². The molecule has 2 aliphatic rings. The molecule has 174 valence electrons. The van der Waals surface area contributed by atoms with Crippen LogP contribution in [0.4, 0.5) is 17.5 Å². The fourth-order valence-corrected chi connectivity index (χ4v) is 4.15. The Balaban J connectivity index is 1.42. The Bertz CT molecular complexity index is 1140. The number of carbonyl (C=O) groups is 1. The Morgan fingerprint density at radius 1 is 1.18 bits per heavy atom. The summed E-state index contributed by atoms with van der Waals surface area (Å²) >= 11 is 0. The first kappa shape index (κ1) is 21.6. The van der Waals surface area contributed by atoms with Gasteiger partial charge in [-0.2, -0.15) is 9.61 Å². The number of carbonyl (C=O) groups excluding carboxylic acids is 1. The molecule has 0 radical (unpaired) electrons. The van der Waals surface area contributed by atoms with Crippen molar-refractivity contribution >= 4 is 29.0 Å². The topological polar surface area (TPSA) is 135 Å². The molecule has 2 saturated heterocycles. The summed E-state index contributed by atoms with van der Waals surface area (Å²) < 4.78 is 12.4. The Labute approximate surface area is 190 Å². The number of aromatic nitrogens is 4. The molecule has 0 aromatic carbocycles. The predicted octanol–water partition coefficient (Wildman–Crippen LogP) is 1.29. The molecule has 1 amide bonds. The van der Waals surface area contributed by atoms with Crippen LogP contribution in [0.5, 0.6) is 0 Å². The predicted molar refractivity (Wildman–Crippen MR) is 121 cm³/mol. The maximum absolute atomic E-state index is 12.9. The van der Waals surface area contributed by atoms with Gasteiger partial charge in [-0.1, -0.05) is 6.07 Å². The van der Waals surface area contributed by atoms with Crippen LogP contribution in [0.1, 0.15) is 34.8 Å². The summed E-state index contributed by atoms with van der Waals surface area (Å²) in [6.45, 7) is 1.95. The van der Waals surface area contributed by atoms with Crippen LogP contribution in [0.25, 0.3) is 5.65 Å². The van der Waals surface area contributed by atoms with Gasteiger partial charge in [-0.3, -0.25) is 4.79 Å². The Morgan fingerprint density at radius 3 is 2.85 bits per heavy atom. The molecule has 5 rings (SSSR count). The van der Waals surface area contributed by atoms with Gasteiger partial charge in [-0.15, -0.1) is 0 Å². The van der Waals surface area contributed by atoms with Crippen LogP contribution in [0.3, 0.4) is 0 Å². The number of ether oxygens (including phenoxy) is 2. The standard InChI is InChI=1S/C22H27N7O4/c1-23-20-8-19(27-18-6-2-5-15(25-18)13-4-3-7-32-10-13)28-21-14(9-24-29(20)21)22(31)26-16-11-33-12-17(16)30/h2,5-6,8-9,13,16-17,23,30H,3-4,7,10-12H2,1H3,(H,26,31)(H,25,27,28)/t13-,16+,17-/m0/s1. The van der Waals surface area contributed by atoms with E-state index in [0.717, 1.165) is 25.1 Å². The molecule has 3 atom stereocenters. The number of amides is 1. The number of hydrogen-bond donors (Lipinski definition) is 4. The van der Waals surface area contributed by atoms with E-state index in [0.29, 0.717) is 35.3 Å². The Kier molecular flexibility index (Phi) is 6.07. The fraction of sp³-hybridized carbons (Fsp3) is 0.455. The summed E-state index contributed by atoms with van der Waals surface area (Å²) in [7, 11) is 1.77. The lowest BCUT2D eigenvalue weighted by Gasteiger charge is -2.22. The van der Waals surface area contributed by atoms with E-state index >= 15 is 0 Å². The molecule has 3 aromatic rings. The number of nitrogens with zero attached hydrogens (tertiary/aromatic N) is 4. The van der Waals surface area contributed by atoms with Crippen LogP contribution in [0.2, 0.25) is 0 Å². The van der Waals surface area contributed by atoms with Gasteiger partial charge in [0.15, 0.2) is 5.65 Å². The summed E-state index contributed by atoms with van der Waals surface area (Å²) in [5.74, 6) is 1.75. The van der Waals surface area contributed by atoms with Gasteiger partial charge in [0.1, 0.15) is 23.0 Å². The molecule has 0 spiro atoms. The Hall–Kier alpha value is -3.28. The molecule has 11 nitrogen and oxygen atoms in total. The summed E-state index contributed by atoms with van der Waals surface area (Å²) in [5, 5.41) is 23.4. The van der Waals surface area contributed by atoms with E-state index in [4.69, 9.17) is 14.5 Å². The first-order valence-corrected chi connectivity index (χ1v) is 11.1. The lowest BCUT2D eigenvalue weighted by Crippen LogP contribution is -2.42. The second-order valence-corrected chi connectivity index (χ2v) is 8.24. The number of pyridine rings is 1.